The molecule has 0 fully saturated rings. The number of aryl methyl sites for hydroxylation is 1. The molecule has 1 aromatic rings. The first-order valence-electron chi connectivity index (χ1n) is 5.98. The van der Waals surface area contributed by atoms with Gasteiger partial charge in [0.15, 0.2) is 0 Å². The smallest absolute Gasteiger partial charge is 0.0474 e. The molecule has 1 rings (SSSR count). The molecule has 0 aliphatic heterocycles. The van der Waals surface area contributed by atoms with Gasteiger partial charge in [-0.05, 0) is 37.0 Å². The van der Waals surface area contributed by atoms with Crippen molar-refractivity contribution in [1.82, 2.24) is 0 Å². The van der Waals surface area contributed by atoms with E-state index in [-0.39, 0.29) is 0 Å². The summed E-state index contributed by atoms with van der Waals surface area (Å²) >= 11 is 5.84. The lowest BCUT2D eigenvalue weighted by atomic mass is 10.1. The van der Waals surface area contributed by atoms with Crippen molar-refractivity contribution in [2.75, 3.05) is 18.0 Å². The van der Waals surface area contributed by atoms with Crippen molar-refractivity contribution in [2.45, 2.75) is 33.6 Å². The summed E-state index contributed by atoms with van der Waals surface area (Å²) in [5.41, 5.74) is 3.86. The minimum atomic E-state index is 0.595. The number of alkyl halides is 1. The number of benzene rings is 1. The van der Waals surface area contributed by atoms with Crippen molar-refractivity contribution in [3.63, 3.8) is 0 Å². The molecule has 0 N–H and O–H groups in total. The topological polar surface area (TPSA) is 3.24 Å². The third kappa shape index (κ3) is 3.41. The lowest BCUT2D eigenvalue weighted by Crippen LogP contribution is -2.27. The van der Waals surface area contributed by atoms with Crippen LogP contribution >= 0.6 is 11.6 Å². The van der Waals surface area contributed by atoms with Gasteiger partial charge in [-0.15, -0.1) is 11.6 Å². The second kappa shape index (κ2) is 6.15. The highest BCUT2D eigenvalue weighted by Gasteiger charge is 2.09. The molecule has 0 aliphatic rings. The molecule has 0 spiro atoms. The summed E-state index contributed by atoms with van der Waals surface area (Å²) < 4.78 is 0. The molecule has 0 bridgehead atoms. The standard InChI is InChI=1S/C14H22ClN/c1-5-16(10-11(2)3)14-7-6-13(9-15)8-12(14)4/h6-8,11H,5,9-10H2,1-4H3. The normalized spacial score (nSPS) is 10.9. The van der Waals surface area contributed by atoms with Crippen molar-refractivity contribution in [3.05, 3.63) is 29.3 Å². The highest BCUT2D eigenvalue weighted by atomic mass is 35.5. The second-order valence-corrected chi connectivity index (χ2v) is 4.95. The van der Waals surface area contributed by atoms with E-state index in [1.54, 1.807) is 0 Å². The van der Waals surface area contributed by atoms with Crippen molar-refractivity contribution < 1.29 is 0 Å². The third-order valence-electron chi connectivity index (χ3n) is 2.72. The molecule has 0 heterocycles. The van der Waals surface area contributed by atoms with Gasteiger partial charge in [-0.1, -0.05) is 26.0 Å². The van der Waals surface area contributed by atoms with E-state index in [0.717, 1.165) is 13.1 Å². The maximum atomic E-state index is 5.84. The number of hydrogen-bond acceptors (Lipinski definition) is 1. The van der Waals surface area contributed by atoms with E-state index in [1.807, 2.05) is 0 Å². The summed E-state index contributed by atoms with van der Waals surface area (Å²) in [6.07, 6.45) is 0. The largest absolute Gasteiger partial charge is 0.371 e. The van der Waals surface area contributed by atoms with Gasteiger partial charge >= 0.3 is 0 Å². The van der Waals surface area contributed by atoms with E-state index in [0.29, 0.717) is 11.8 Å². The molecular weight excluding hydrogens is 218 g/mol. The SMILES string of the molecule is CCN(CC(C)C)c1ccc(CCl)cc1C. The molecule has 16 heavy (non-hydrogen) atoms. The van der Waals surface area contributed by atoms with Crippen LogP contribution in [0.1, 0.15) is 31.9 Å². The summed E-state index contributed by atoms with van der Waals surface area (Å²) in [6, 6.07) is 6.50. The van der Waals surface area contributed by atoms with Crippen molar-refractivity contribution >= 4 is 17.3 Å². The van der Waals surface area contributed by atoms with E-state index in [1.165, 1.54) is 16.8 Å². The Morgan fingerprint density at radius 3 is 2.44 bits per heavy atom. The fraction of sp³-hybridized carbons (Fsp3) is 0.571. The first-order chi connectivity index (χ1) is 7.58. The van der Waals surface area contributed by atoms with Gasteiger partial charge in [0.25, 0.3) is 0 Å². The Morgan fingerprint density at radius 1 is 1.31 bits per heavy atom. The number of hydrogen-bond donors (Lipinski definition) is 0. The summed E-state index contributed by atoms with van der Waals surface area (Å²) in [5, 5.41) is 0. The Bertz CT molecular complexity index is 334. The number of nitrogens with zero attached hydrogens (tertiary/aromatic N) is 1. The van der Waals surface area contributed by atoms with E-state index in [2.05, 4.69) is 50.8 Å². The van der Waals surface area contributed by atoms with Gasteiger partial charge in [0.05, 0.1) is 0 Å². The first kappa shape index (κ1) is 13.4. The van der Waals surface area contributed by atoms with E-state index >= 15 is 0 Å². The molecular formula is C14H22ClN. The highest BCUT2D eigenvalue weighted by Crippen LogP contribution is 2.22. The Morgan fingerprint density at radius 2 is 2.00 bits per heavy atom. The van der Waals surface area contributed by atoms with Crippen molar-refractivity contribution in [3.8, 4) is 0 Å². The number of rotatable bonds is 5. The first-order valence-corrected chi connectivity index (χ1v) is 6.52. The average Bonchev–Trinajstić information content (AvgIpc) is 2.25. The Labute approximate surface area is 104 Å². The van der Waals surface area contributed by atoms with E-state index in [4.69, 9.17) is 11.6 Å². The zero-order valence-electron chi connectivity index (χ0n) is 10.8. The van der Waals surface area contributed by atoms with Gasteiger partial charge in [-0.25, -0.2) is 0 Å². The van der Waals surface area contributed by atoms with Crippen LogP contribution in [0.15, 0.2) is 18.2 Å². The Balaban J connectivity index is 2.92. The van der Waals surface area contributed by atoms with Crippen LogP contribution < -0.4 is 4.90 Å². The minimum Gasteiger partial charge on any atom is -0.371 e. The molecule has 0 atom stereocenters. The van der Waals surface area contributed by atoms with E-state index in [9.17, 15) is 0 Å². The van der Waals surface area contributed by atoms with Crippen LogP contribution in [0.4, 0.5) is 5.69 Å². The van der Waals surface area contributed by atoms with Crippen LogP contribution in [0.5, 0.6) is 0 Å². The maximum absolute atomic E-state index is 5.84. The third-order valence-corrected chi connectivity index (χ3v) is 3.03. The van der Waals surface area contributed by atoms with Gasteiger partial charge in [-0.3, -0.25) is 0 Å². The molecule has 0 unspecified atom stereocenters. The van der Waals surface area contributed by atoms with Gasteiger partial charge < -0.3 is 4.90 Å². The van der Waals surface area contributed by atoms with Gasteiger partial charge in [0.2, 0.25) is 0 Å². The van der Waals surface area contributed by atoms with Gasteiger partial charge in [-0.2, -0.15) is 0 Å². The summed E-state index contributed by atoms with van der Waals surface area (Å²) in [6.45, 7) is 11.0. The zero-order valence-corrected chi connectivity index (χ0v) is 11.5. The summed E-state index contributed by atoms with van der Waals surface area (Å²) in [7, 11) is 0. The predicted octanol–water partition coefficient (Wildman–Crippen LogP) is 4.22. The van der Waals surface area contributed by atoms with Crippen LogP contribution in [-0.2, 0) is 5.88 Å². The lowest BCUT2D eigenvalue weighted by molar-refractivity contribution is 0.618. The molecule has 0 aliphatic carbocycles. The molecule has 2 heteroatoms. The molecule has 0 radical (unpaired) electrons. The predicted molar refractivity (Wildman–Crippen MR) is 73.5 cm³/mol. The van der Waals surface area contributed by atoms with Crippen molar-refractivity contribution in [1.29, 1.82) is 0 Å². The molecule has 1 aromatic carbocycles. The van der Waals surface area contributed by atoms with E-state index < -0.39 is 0 Å². The van der Waals surface area contributed by atoms with Crippen LogP contribution in [0.2, 0.25) is 0 Å². The molecule has 0 aromatic heterocycles. The summed E-state index contributed by atoms with van der Waals surface area (Å²) in [4.78, 5) is 2.43. The van der Waals surface area contributed by atoms with Crippen LogP contribution in [0.25, 0.3) is 0 Å². The molecule has 90 valence electrons. The van der Waals surface area contributed by atoms with Crippen LogP contribution in [0, 0.1) is 12.8 Å². The fourth-order valence-electron chi connectivity index (χ4n) is 1.99. The number of anilines is 1. The fourth-order valence-corrected chi connectivity index (χ4v) is 2.16. The monoisotopic (exact) mass is 239 g/mol. The summed E-state index contributed by atoms with van der Waals surface area (Å²) in [5.74, 6) is 1.28. The van der Waals surface area contributed by atoms with Crippen LogP contribution in [0.3, 0.4) is 0 Å². The molecule has 1 nitrogen and oxygen atoms in total. The van der Waals surface area contributed by atoms with Gasteiger partial charge in [0, 0.05) is 24.7 Å². The second-order valence-electron chi connectivity index (χ2n) is 4.69. The quantitative estimate of drug-likeness (QED) is 0.696. The van der Waals surface area contributed by atoms with Gasteiger partial charge in [0.1, 0.15) is 0 Å². The molecule has 0 saturated carbocycles. The molecule has 0 amide bonds. The Kier molecular flexibility index (Phi) is 5.14. The van der Waals surface area contributed by atoms with Crippen molar-refractivity contribution in [2.24, 2.45) is 5.92 Å². The lowest BCUT2D eigenvalue weighted by Gasteiger charge is -2.27. The van der Waals surface area contributed by atoms with Crippen LogP contribution in [-0.4, -0.2) is 13.1 Å². The average molecular weight is 240 g/mol. The Hall–Kier alpha value is -0.690. The minimum absolute atomic E-state index is 0.595. The highest BCUT2D eigenvalue weighted by molar-refractivity contribution is 6.17. The molecule has 0 saturated heterocycles. The number of halogens is 1. The zero-order chi connectivity index (χ0) is 12.1. The maximum Gasteiger partial charge on any atom is 0.0474 e.